The van der Waals surface area contributed by atoms with Gasteiger partial charge in [-0.2, -0.15) is 0 Å². The molecule has 58 heavy (non-hydrogen) atoms. The third kappa shape index (κ3) is 5.70. The summed E-state index contributed by atoms with van der Waals surface area (Å²) in [6, 6.07) is 77.3. The number of hydrogen-bond donors (Lipinski definition) is 0. The zero-order chi connectivity index (χ0) is 38.4. The van der Waals surface area contributed by atoms with Gasteiger partial charge in [-0.25, -0.2) is 9.97 Å². The van der Waals surface area contributed by atoms with Crippen LogP contribution in [0, 0.1) is 0 Å². The van der Waals surface area contributed by atoms with Crippen LogP contribution in [0.5, 0.6) is 0 Å². The molecule has 9 aromatic carbocycles. The highest BCUT2D eigenvalue weighted by Gasteiger charge is 2.20. The van der Waals surface area contributed by atoms with Crippen LogP contribution in [-0.4, -0.2) is 14.5 Å². The Labute approximate surface area is 336 Å². The van der Waals surface area contributed by atoms with Gasteiger partial charge >= 0.3 is 0 Å². The van der Waals surface area contributed by atoms with Crippen LogP contribution in [0.2, 0.25) is 0 Å². The summed E-state index contributed by atoms with van der Waals surface area (Å²) in [6.07, 6.45) is 0. The fourth-order valence-corrected chi connectivity index (χ4v) is 8.51. The quantitative estimate of drug-likeness (QED) is 0.163. The molecule has 0 unspecified atom stereocenters. The van der Waals surface area contributed by atoms with Crippen LogP contribution in [0.3, 0.4) is 0 Å². The molecule has 4 nitrogen and oxygen atoms in total. The Hall–Kier alpha value is -7.82. The summed E-state index contributed by atoms with van der Waals surface area (Å²) in [5, 5.41) is 4.91. The van der Waals surface area contributed by atoms with Gasteiger partial charge in [0.2, 0.25) is 0 Å². The highest BCUT2D eigenvalue weighted by atomic mass is 15.1. The molecule has 0 aliphatic carbocycles. The van der Waals surface area contributed by atoms with Gasteiger partial charge in [0, 0.05) is 50.2 Å². The first-order valence-electron chi connectivity index (χ1n) is 19.7. The van der Waals surface area contributed by atoms with E-state index in [0.717, 1.165) is 78.5 Å². The molecule has 0 spiro atoms. The minimum absolute atomic E-state index is 0.858. The van der Waals surface area contributed by atoms with Crippen LogP contribution in [0.25, 0.3) is 82.9 Å². The van der Waals surface area contributed by atoms with Crippen molar-refractivity contribution in [3.8, 4) is 39.3 Å². The van der Waals surface area contributed by atoms with E-state index >= 15 is 0 Å². The number of rotatable bonds is 7. The Morgan fingerprint density at radius 1 is 0.379 bits per heavy atom. The highest BCUT2D eigenvalue weighted by molar-refractivity contribution is 6.21. The van der Waals surface area contributed by atoms with Gasteiger partial charge in [0.15, 0.2) is 0 Å². The van der Waals surface area contributed by atoms with Crippen molar-refractivity contribution < 1.29 is 0 Å². The normalized spacial score (nSPS) is 11.4. The summed E-state index contributed by atoms with van der Waals surface area (Å²) in [7, 11) is 0. The monoisotopic (exact) mass is 740 g/mol. The predicted octanol–water partition coefficient (Wildman–Crippen LogP) is 14.4. The van der Waals surface area contributed by atoms with Gasteiger partial charge in [0.25, 0.3) is 0 Å². The van der Waals surface area contributed by atoms with Gasteiger partial charge < -0.3 is 9.47 Å². The highest BCUT2D eigenvalue weighted by Crippen LogP contribution is 2.42. The van der Waals surface area contributed by atoms with Gasteiger partial charge in [0.1, 0.15) is 0 Å². The Morgan fingerprint density at radius 3 is 1.69 bits per heavy atom. The summed E-state index contributed by atoms with van der Waals surface area (Å²) in [5.74, 6) is 0. The molecular formula is C54H36N4. The summed E-state index contributed by atoms with van der Waals surface area (Å²) in [5.41, 5.74) is 14.3. The van der Waals surface area contributed by atoms with Crippen molar-refractivity contribution in [2.75, 3.05) is 4.90 Å². The maximum absolute atomic E-state index is 5.44. The zero-order valence-electron chi connectivity index (χ0n) is 31.6. The van der Waals surface area contributed by atoms with E-state index in [4.69, 9.17) is 9.97 Å². The molecule has 2 heterocycles. The average molecular weight is 741 g/mol. The van der Waals surface area contributed by atoms with Crippen molar-refractivity contribution >= 4 is 60.7 Å². The lowest BCUT2D eigenvalue weighted by Crippen LogP contribution is -2.09. The van der Waals surface area contributed by atoms with Gasteiger partial charge in [-0.15, -0.1) is 0 Å². The van der Waals surface area contributed by atoms with Gasteiger partial charge in [-0.05, 0) is 77.0 Å². The topological polar surface area (TPSA) is 34.0 Å². The van der Waals surface area contributed by atoms with E-state index < -0.39 is 0 Å². The summed E-state index contributed by atoms with van der Waals surface area (Å²) < 4.78 is 2.43. The largest absolute Gasteiger partial charge is 0.310 e. The zero-order valence-corrected chi connectivity index (χ0v) is 31.6. The van der Waals surface area contributed by atoms with E-state index in [1.807, 2.05) is 12.1 Å². The van der Waals surface area contributed by atoms with E-state index in [1.165, 1.54) is 21.5 Å². The van der Waals surface area contributed by atoms with Crippen molar-refractivity contribution in [2.24, 2.45) is 0 Å². The smallest absolute Gasteiger partial charge is 0.0973 e. The van der Waals surface area contributed by atoms with Crippen LogP contribution >= 0.6 is 0 Å². The van der Waals surface area contributed by atoms with Gasteiger partial charge in [0.05, 0.1) is 33.5 Å². The van der Waals surface area contributed by atoms with Crippen LogP contribution in [0.4, 0.5) is 17.1 Å². The minimum Gasteiger partial charge on any atom is -0.310 e. The molecule has 11 aromatic rings. The number of anilines is 3. The van der Waals surface area contributed by atoms with E-state index in [9.17, 15) is 0 Å². The first-order valence-corrected chi connectivity index (χ1v) is 19.7. The summed E-state index contributed by atoms with van der Waals surface area (Å²) >= 11 is 0. The third-order valence-corrected chi connectivity index (χ3v) is 11.1. The fourth-order valence-electron chi connectivity index (χ4n) is 8.51. The first-order chi connectivity index (χ1) is 28.8. The van der Waals surface area contributed by atoms with Crippen molar-refractivity contribution in [3.63, 3.8) is 0 Å². The Balaban J connectivity index is 1.14. The molecule has 0 atom stereocenters. The molecule has 0 radical (unpaired) electrons. The molecule has 0 fully saturated rings. The first kappa shape index (κ1) is 33.5. The Bertz CT molecular complexity index is 3230. The molecular weight excluding hydrogens is 705 g/mol. The van der Waals surface area contributed by atoms with Crippen LogP contribution in [0.15, 0.2) is 218 Å². The predicted molar refractivity (Wildman–Crippen MR) is 242 cm³/mol. The van der Waals surface area contributed by atoms with E-state index in [0.29, 0.717) is 0 Å². The number of nitrogens with zero attached hydrogens (tertiary/aromatic N) is 4. The molecule has 0 amide bonds. The molecule has 2 aromatic heterocycles. The minimum atomic E-state index is 0.858. The molecule has 0 aliphatic rings. The molecule has 0 saturated carbocycles. The lowest BCUT2D eigenvalue weighted by atomic mass is 10.0. The Morgan fingerprint density at radius 2 is 0.983 bits per heavy atom. The number of fused-ring (bicyclic) bond motifs is 6. The van der Waals surface area contributed by atoms with E-state index in [2.05, 4.69) is 216 Å². The fraction of sp³-hybridized carbons (Fsp3) is 0. The van der Waals surface area contributed by atoms with E-state index in [1.54, 1.807) is 0 Å². The van der Waals surface area contributed by atoms with Gasteiger partial charge in [-0.1, -0.05) is 158 Å². The third-order valence-electron chi connectivity index (χ3n) is 11.1. The lowest BCUT2D eigenvalue weighted by molar-refractivity contribution is 1.18. The molecule has 0 aliphatic heterocycles. The maximum atomic E-state index is 5.44. The Kier molecular flexibility index (Phi) is 8.11. The molecule has 272 valence electrons. The van der Waals surface area contributed by atoms with Crippen LogP contribution < -0.4 is 4.90 Å². The SMILES string of the molecule is c1ccc(-c2nc3cccc(-c4cccc(-n5c6cc(N(c7ccccc7)c7ccccc7)ccc6c6c7ccccc7ccc65)c4)c3nc2-c2ccccc2)cc1. The molecule has 0 saturated heterocycles. The van der Waals surface area contributed by atoms with E-state index in [-0.39, 0.29) is 0 Å². The summed E-state index contributed by atoms with van der Waals surface area (Å²) in [6.45, 7) is 0. The number of para-hydroxylation sites is 3. The molecule has 11 rings (SSSR count). The van der Waals surface area contributed by atoms with Gasteiger partial charge in [-0.3, -0.25) is 0 Å². The van der Waals surface area contributed by atoms with Crippen molar-refractivity contribution in [1.82, 2.24) is 14.5 Å². The van der Waals surface area contributed by atoms with Crippen LogP contribution in [0.1, 0.15) is 0 Å². The molecule has 0 bridgehead atoms. The number of hydrogen-bond acceptors (Lipinski definition) is 3. The standard InChI is InChI=1S/C54H36N4/c1-5-18-38(19-6-1)52-53(39-20-7-2-8-21-39)56-54-46(29-16-30-48(54)55-52)40-22-15-27-43(35-40)58-49-34-31-37-17-13-14-28-45(37)51(49)47-33-32-44(36-50(47)58)57(41-23-9-3-10-24-41)42-25-11-4-12-26-42/h1-36H. The van der Waals surface area contributed by atoms with Crippen LogP contribution in [-0.2, 0) is 0 Å². The molecule has 0 N–H and O–H groups in total. The second kappa shape index (κ2) is 14.0. The second-order valence-corrected chi connectivity index (χ2v) is 14.6. The van der Waals surface area contributed by atoms with Crippen molar-refractivity contribution in [1.29, 1.82) is 0 Å². The summed E-state index contributed by atoms with van der Waals surface area (Å²) in [4.78, 5) is 13.1. The second-order valence-electron chi connectivity index (χ2n) is 14.6. The number of benzene rings is 9. The van der Waals surface area contributed by atoms with Crippen molar-refractivity contribution in [2.45, 2.75) is 0 Å². The maximum Gasteiger partial charge on any atom is 0.0973 e. The molecule has 4 heteroatoms. The number of aromatic nitrogens is 3. The lowest BCUT2D eigenvalue weighted by Gasteiger charge is -2.25. The average Bonchev–Trinajstić information content (AvgIpc) is 3.64. The van der Waals surface area contributed by atoms with Crippen molar-refractivity contribution in [3.05, 3.63) is 218 Å².